The van der Waals surface area contributed by atoms with Gasteiger partial charge in [0, 0.05) is 0 Å². The molecule has 1 saturated heterocycles. The van der Waals surface area contributed by atoms with Gasteiger partial charge in [0.2, 0.25) is 0 Å². The van der Waals surface area contributed by atoms with Gasteiger partial charge < -0.3 is 4.65 Å². The first-order valence-corrected chi connectivity index (χ1v) is 5.03. The lowest BCUT2D eigenvalue weighted by Crippen LogP contribution is -2.34. The Morgan fingerprint density at radius 3 is 1.58 bits per heavy atom. The Kier molecular flexibility index (Phi) is 3.83. The van der Waals surface area contributed by atoms with Crippen molar-refractivity contribution in [3.05, 3.63) is 0 Å². The van der Waals surface area contributed by atoms with Crippen molar-refractivity contribution in [2.24, 2.45) is 5.41 Å². The van der Waals surface area contributed by atoms with Crippen LogP contribution in [0.2, 0.25) is 13.1 Å². The average molecular weight is 170 g/mol. The summed E-state index contributed by atoms with van der Waals surface area (Å²) in [5.74, 6) is 0. The van der Waals surface area contributed by atoms with Gasteiger partial charge in [-0.05, 0) is 25.6 Å². The molecule has 0 aromatic carbocycles. The first-order valence-electron chi connectivity index (χ1n) is 5.03. The SMILES string of the molecule is CB1CC(C)(C)C(C)(C)O1.CC. The fourth-order valence-corrected chi connectivity index (χ4v) is 1.67. The second-order valence-corrected chi connectivity index (χ2v) is 4.53. The summed E-state index contributed by atoms with van der Waals surface area (Å²) in [6.45, 7) is 15.5. The van der Waals surface area contributed by atoms with Crippen LogP contribution >= 0.6 is 0 Å². The molecule has 0 radical (unpaired) electrons. The summed E-state index contributed by atoms with van der Waals surface area (Å²) in [4.78, 5) is 0. The molecule has 1 rings (SSSR count). The quantitative estimate of drug-likeness (QED) is 0.506. The van der Waals surface area contributed by atoms with Gasteiger partial charge in [-0.1, -0.05) is 34.5 Å². The molecule has 0 aromatic heterocycles. The highest BCUT2D eigenvalue weighted by Crippen LogP contribution is 2.44. The smallest absolute Gasteiger partial charge is 0.291 e. The zero-order valence-corrected chi connectivity index (χ0v) is 9.69. The van der Waals surface area contributed by atoms with E-state index in [0.717, 1.165) is 0 Å². The van der Waals surface area contributed by atoms with Crippen molar-refractivity contribution < 1.29 is 4.65 Å². The van der Waals surface area contributed by atoms with Gasteiger partial charge >= 0.3 is 0 Å². The predicted molar refractivity (Wildman–Crippen MR) is 56.7 cm³/mol. The van der Waals surface area contributed by atoms with Gasteiger partial charge in [0.05, 0.1) is 5.60 Å². The molecule has 1 aliphatic heterocycles. The Morgan fingerprint density at radius 2 is 1.50 bits per heavy atom. The van der Waals surface area contributed by atoms with E-state index in [4.69, 9.17) is 4.65 Å². The lowest BCUT2D eigenvalue weighted by molar-refractivity contribution is 0.0368. The minimum absolute atomic E-state index is 0.0619. The summed E-state index contributed by atoms with van der Waals surface area (Å²) < 4.78 is 5.76. The third-order valence-corrected chi connectivity index (χ3v) is 2.92. The molecule has 1 heterocycles. The van der Waals surface area contributed by atoms with Gasteiger partial charge in [0.15, 0.2) is 0 Å². The van der Waals surface area contributed by atoms with E-state index in [1.165, 1.54) is 6.32 Å². The van der Waals surface area contributed by atoms with Crippen LogP contribution in [0, 0.1) is 5.41 Å². The van der Waals surface area contributed by atoms with Gasteiger partial charge in [-0.2, -0.15) is 0 Å². The van der Waals surface area contributed by atoms with Crippen LogP contribution in [0.25, 0.3) is 0 Å². The van der Waals surface area contributed by atoms with Crippen molar-refractivity contribution in [3.8, 4) is 0 Å². The summed E-state index contributed by atoms with van der Waals surface area (Å²) in [5, 5.41) is 0. The summed E-state index contributed by atoms with van der Waals surface area (Å²) in [7, 11) is 0. The molecule has 0 aromatic rings. The highest BCUT2D eigenvalue weighted by atomic mass is 16.5. The van der Waals surface area contributed by atoms with Crippen LogP contribution in [0.3, 0.4) is 0 Å². The fourth-order valence-electron chi connectivity index (χ4n) is 1.67. The van der Waals surface area contributed by atoms with E-state index < -0.39 is 0 Å². The maximum Gasteiger partial charge on any atom is 0.291 e. The van der Waals surface area contributed by atoms with Crippen molar-refractivity contribution in [2.45, 2.75) is 60.3 Å². The Balaban J connectivity index is 0.000000561. The largest absolute Gasteiger partial charge is 0.431 e. The van der Waals surface area contributed by atoms with E-state index in [-0.39, 0.29) is 5.60 Å². The molecule has 12 heavy (non-hydrogen) atoms. The zero-order chi connectivity index (χ0) is 9.99. The molecule has 0 aliphatic carbocycles. The Bertz CT molecular complexity index is 125. The van der Waals surface area contributed by atoms with Crippen LogP contribution in [0.4, 0.5) is 0 Å². The van der Waals surface area contributed by atoms with E-state index in [9.17, 15) is 0 Å². The number of hydrogen-bond acceptors (Lipinski definition) is 1. The second kappa shape index (κ2) is 3.82. The Labute approximate surface area is 78.0 Å². The summed E-state index contributed by atoms with van der Waals surface area (Å²) >= 11 is 0. The summed E-state index contributed by atoms with van der Waals surface area (Å²) in [5.41, 5.74) is 0.402. The van der Waals surface area contributed by atoms with Gasteiger partial charge in [0.1, 0.15) is 0 Å². The molecule has 0 amide bonds. The molecule has 0 unspecified atom stereocenters. The first kappa shape index (κ1) is 12.0. The first-order chi connectivity index (χ1) is 5.35. The maximum atomic E-state index is 5.76. The van der Waals surface area contributed by atoms with Crippen molar-refractivity contribution in [3.63, 3.8) is 0 Å². The van der Waals surface area contributed by atoms with Crippen LogP contribution in [-0.2, 0) is 4.65 Å². The van der Waals surface area contributed by atoms with Gasteiger partial charge in [-0.25, -0.2) is 0 Å². The standard InChI is InChI=1S/C8H17BO.C2H6/c1-7(2)6-9(5)10-8(7,3)4;1-2/h6H2,1-5H3;1-2H3. The van der Waals surface area contributed by atoms with Gasteiger partial charge in [0.25, 0.3) is 6.92 Å². The summed E-state index contributed by atoms with van der Waals surface area (Å²) in [6, 6.07) is 0. The molecular weight excluding hydrogens is 147 g/mol. The molecule has 1 aliphatic rings. The highest BCUT2D eigenvalue weighted by molar-refractivity contribution is 6.51. The lowest BCUT2D eigenvalue weighted by atomic mass is 9.60. The van der Waals surface area contributed by atoms with Crippen molar-refractivity contribution in [2.75, 3.05) is 0 Å². The summed E-state index contributed by atoms with van der Waals surface area (Å²) in [6.07, 6.45) is 1.18. The minimum atomic E-state index is 0.0619. The predicted octanol–water partition coefficient (Wildman–Crippen LogP) is 3.47. The Hall–Kier alpha value is 0.0249. The van der Waals surface area contributed by atoms with Crippen LogP contribution < -0.4 is 0 Å². The lowest BCUT2D eigenvalue weighted by Gasteiger charge is -2.34. The van der Waals surface area contributed by atoms with E-state index in [2.05, 4.69) is 34.5 Å². The molecule has 0 bridgehead atoms. The molecule has 0 spiro atoms. The highest BCUT2D eigenvalue weighted by Gasteiger charge is 2.47. The van der Waals surface area contributed by atoms with Crippen molar-refractivity contribution in [1.82, 2.24) is 0 Å². The third kappa shape index (κ3) is 2.26. The van der Waals surface area contributed by atoms with Crippen molar-refractivity contribution >= 4 is 6.92 Å². The molecule has 0 atom stereocenters. The average Bonchev–Trinajstić information content (AvgIpc) is 2.04. The normalized spacial score (nSPS) is 24.8. The molecule has 2 heteroatoms. The maximum absolute atomic E-state index is 5.76. The van der Waals surface area contributed by atoms with Crippen LogP contribution in [0.15, 0.2) is 0 Å². The topological polar surface area (TPSA) is 9.23 Å². The van der Waals surface area contributed by atoms with E-state index in [1.807, 2.05) is 13.8 Å². The number of hydrogen-bond donors (Lipinski definition) is 0. The molecule has 1 nitrogen and oxygen atoms in total. The molecule has 1 fully saturated rings. The molecule has 72 valence electrons. The van der Waals surface area contributed by atoms with Crippen LogP contribution in [0.1, 0.15) is 41.5 Å². The van der Waals surface area contributed by atoms with E-state index in [1.54, 1.807) is 0 Å². The van der Waals surface area contributed by atoms with Crippen LogP contribution in [0.5, 0.6) is 0 Å². The van der Waals surface area contributed by atoms with E-state index in [0.29, 0.717) is 12.3 Å². The zero-order valence-electron chi connectivity index (χ0n) is 9.69. The molecular formula is C10H23BO. The van der Waals surface area contributed by atoms with E-state index >= 15 is 0 Å². The fraction of sp³-hybridized carbons (Fsp3) is 1.00. The number of rotatable bonds is 0. The van der Waals surface area contributed by atoms with Crippen molar-refractivity contribution in [1.29, 1.82) is 0 Å². The molecule has 0 saturated carbocycles. The molecule has 0 N–H and O–H groups in total. The Morgan fingerprint density at radius 1 is 1.08 bits per heavy atom. The van der Waals surface area contributed by atoms with Gasteiger partial charge in [-0.15, -0.1) is 0 Å². The minimum Gasteiger partial charge on any atom is -0.431 e. The monoisotopic (exact) mass is 170 g/mol. The van der Waals surface area contributed by atoms with Gasteiger partial charge in [-0.3, -0.25) is 0 Å². The van der Waals surface area contributed by atoms with Crippen LogP contribution in [-0.4, -0.2) is 12.5 Å². The second-order valence-electron chi connectivity index (χ2n) is 4.53. The third-order valence-electron chi connectivity index (χ3n) is 2.92.